The topological polar surface area (TPSA) is 64.0 Å². The Labute approximate surface area is 186 Å². The van der Waals surface area contributed by atoms with Gasteiger partial charge in [-0.05, 0) is 55.2 Å². The first-order valence-electron chi connectivity index (χ1n) is 10.6. The average molecular weight is 442 g/mol. The van der Waals surface area contributed by atoms with Gasteiger partial charge in [-0.1, -0.05) is 44.2 Å². The molecule has 0 aliphatic heterocycles. The summed E-state index contributed by atoms with van der Waals surface area (Å²) in [5, 5.41) is 4.05. The zero-order chi connectivity index (χ0) is 22.2. The van der Waals surface area contributed by atoms with Crippen LogP contribution in [0, 0.1) is 11.7 Å². The number of halogens is 1. The van der Waals surface area contributed by atoms with E-state index in [2.05, 4.69) is 24.1 Å². The number of fused-ring (bicyclic) bond motifs is 1. The van der Waals surface area contributed by atoms with E-state index in [-0.39, 0.29) is 17.3 Å². The SMILES string of the molecule is CC(C)CNC(=O)CCCCCSc1nc2ccccc2c(=O)n1-c1ccc(F)cc1. The second-order valence-corrected chi connectivity index (χ2v) is 8.95. The summed E-state index contributed by atoms with van der Waals surface area (Å²) in [5.41, 5.74) is 1.07. The van der Waals surface area contributed by atoms with E-state index in [0.717, 1.165) is 25.0 Å². The molecule has 2 aromatic carbocycles. The number of para-hydroxylation sites is 1. The maximum absolute atomic E-state index is 13.4. The molecule has 0 atom stereocenters. The van der Waals surface area contributed by atoms with Gasteiger partial charge in [-0.25, -0.2) is 9.37 Å². The van der Waals surface area contributed by atoms with E-state index in [1.807, 2.05) is 18.2 Å². The molecule has 3 aromatic rings. The van der Waals surface area contributed by atoms with Gasteiger partial charge >= 0.3 is 0 Å². The van der Waals surface area contributed by atoms with Gasteiger partial charge in [0.25, 0.3) is 5.56 Å². The molecule has 0 radical (unpaired) electrons. The highest BCUT2D eigenvalue weighted by atomic mass is 32.2. The predicted molar refractivity (Wildman–Crippen MR) is 124 cm³/mol. The minimum atomic E-state index is -0.350. The van der Waals surface area contributed by atoms with Crippen molar-refractivity contribution in [1.29, 1.82) is 0 Å². The predicted octanol–water partition coefficient (Wildman–Crippen LogP) is 4.95. The molecule has 0 aliphatic rings. The third-order valence-corrected chi connectivity index (χ3v) is 5.84. The highest BCUT2D eigenvalue weighted by Crippen LogP contribution is 2.23. The monoisotopic (exact) mass is 441 g/mol. The van der Waals surface area contributed by atoms with Crippen LogP contribution in [0.15, 0.2) is 58.5 Å². The molecular weight excluding hydrogens is 413 g/mol. The van der Waals surface area contributed by atoms with Crippen LogP contribution in [0.1, 0.15) is 39.5 Å². The molecule has 1 N–H and O–H groups in total. The lowest BCUT2D eigenvalue weighted by atomic mass is 10.2. The Kier molecular flexibility index (Phi) is 8.23. The van der Waals surface area contributed by atoms with Gasteiger partial charge in [0, 0.05) is 18.7 Å². The molecule has 31 heavy (non-hydrogen) atoms. The molecule has 0 aliphatic carbocycles. The van der Waals surface area contributed by atoms with Crippen molar-refractivity contribution >= 4 is 28.6 Å². The summed E-state index contributed by atoms with van der Waals surface area (Å²) in [6.07, 6.45) is 3.21. The second kappa shape index (κ2) is 11.1. The molecule has 164 valence electrons. The van der Waals surface area contributed by atoms with Crippen molar-refractivity contribution in [2.45, 2.75) is 44.7 Å². The van der Waals surface area contributed by atoms with Crippen LogP contribution >= 0.6 is 11.8 Å². The minimum absolute atomic E-state index is 0.0997. The summed E-state index contributed by atoms with van der Waals surface area (Å²) in [4.78, 5) is 29.6. The van der Waals surface area contributed by atoms with Gasteiger partial charge in [-0.2, -0.15) is 0 Å². The number of thioether (sulfide) groups is 1. The maximum atomic E-state index is 13.4. The lowest BCUT2D eigenvalue weighted by Gasteiger charge is -2.13. The Morgan fingerprint density at radius 2 is 1.84 bits per heavy atom. The fourth-order valence-corrected chi connectivity index (χ4v) is 4.17. The molecule has 0 saturated carbocycles. The van der Waals surface area contributed by atoms with Gasteiger partial charge in [0.15, 0.2) is 5.16 Å². The zero-order valence-electron chi connectivity index (χ0n) is 17.9. The van der Waals surface area contributed by atoms with E-state index in [9.17, 15) is 14.0 Å². The molecule has 1 amide bonds. The van der Waals surface area contributed by atoms with E-state index in [1.165, 1.54) is 23.9 Å². The molecule has 0 spiro atoms. The molecule has 0 unspecified atom stereocenters. The lowest BCUT2D eigenvalue weighted by molar-refractivity contribution is -0.121. The van der Waals surface area contributed by atoms with Crippen LogP contribution in [0.25, 0.3) is 16.6 Å². The number of rotatable bonds is 10. The fraction of sp³-hybridized carbons (Fsp3) is 0.375. The molecule has 0 saturated heterocycles. The van der Waals surface area contributed by atoms with Crippen molar-refractivity contribution in [3.63, 3.8) is 0 Å². The average Bonchev–Trinajstić information content (AvgIpc) is 2.76. The van der Waals surface area contributed by atoms with Crippen LogP contribution in [0.5, 0.6) is 0 Å². The first-order valence-corrected chi connectivity index (χ1v) is 11.6. The molecule has 7 heteroatoms. The van der Waals surface area contributed by atoms with E-state index in [1.54, 1.807) is 22.8 Å². The Morgan fingerprint density at radius 1 is 1.10 bits per heavy atom. The number of aromatic nitrogens is 2. The van der Waals surface area contributed by atoms with Crippen LogP contribution in [-0.2, 0) is 4.79 Å². The van der Waals surface area contributed by atoms with E-state index >= 15 is 0 Å². The maximum Gasteiger partial charge on any atom is 0.266 e. The van der Waals surface area contributed by atoms with E-state index in [4.69, 9.17) is 0 Å². The molecule has 1 aromatic heterocycles. The van der Waals surface area contributed by atoms with Crippen LogP contribution in [0.2, 0.25) is 0 Å². The Morgan fingerprint density at radius 3 is 2.58 bits per heavy atom. The number of hydrogen-bond acceptors (Lipinski definition) is 4. The highest BCUT2D eigenvalue weighted by Gasteiger charge is 2.13. The Bertz CT molecular complexity index is 1080. The zero-order valence-corrected chi connectivity index (χ0v) is 18.8. The van der Waals surface area contributed by atoms with Crippen LogP contribution in [0.4, 0.5) is 4.39 Å². The molecule has 0 bridgehead atoms. The normalized spacial score (nSPS) is 11.2. The standard InChI is InChI=1S/C24H28FN3O2S/c1-17(2)16-26-22(29)10-4-3-7-15-31-24-27-21-9-6-5-8-20(21)23(30)28(24)19-13-11-18(25)12-14-19/h5-6,8-9,11-14,17H,3-4,7,10,15-16H2,1-2H3,(H,26,29). The van der Waals surface area contributed by atoms with E-state index in [0.29, 0.717) is 40.6 Å². The van der Waals surface area contributed by atoms with Crippen LogP contribution < -0.4 is 10.9 Å². The Balaban J connectivity index is 1.66. The third kappa shape index (κ3) is 6.40. The van der Waals surface area contributed by atoms with Crippen molar-refractivity contribution in [2.24, 2.45) is 5.92 Å². The number of hydrogen-bond donors (Lipinski definition) is 1. The summed E-state index contributed by atoms with van der Waals surface area (Å²) < 4.78 is 14.9. The summed E-state index contributed by atoms with van der Waals surface area (Å²) in [6.45, 7) is 4.86. The van der Waals surface area contributed by atoms with Gasteiger partial charge in [0.2, 0.25) is 5.91 Å². The Hall–Kier alpha value is -2.67. The first-order chi connectivity index (χ1) is 15.0. The number of amides is 1. The van der Waals surface area contributed by atoms with Gasteiger partial charge in [-0.3, -0.25) is 14.2 Å². The molecule has 5 nitrogen and oxygen atoms in total. The summed E-state index contributed by atoms with van der Waals surface area (Å²) in [6, 6.07) is 13.1. The van der Waals surface area contributed by atoms with Gasteiger partial charge in [0.1, 0.15) is 5.82 Å². The van der Waals surface area contributed by atoms with Crippen molar-refractivity contribution in [1.82, 2.24) is 14.9 Å². The highest BCUT2D eigenvalue weighted by molar-refractivity contribution is 7.99. The summed E-state index contributed by atoms with van der Waals surface area (Å²) in [5.74, 6) is 0.980. The van der Waals surface area contributed by atoms with E-state index < -0.39 is 0 Å². The first kappa shape index (κ1) is 23.0. The summed E-state index contributed by atoms with van der Waals surface area (Å²) in [7, 11) is 0. The number of carbonyl (C=O) groups excluding carboxylic acids is 1. The smallest absolute Gasteiger partial charge is 0.266 e. The molecule has 1 heterocycles. The van der Waals surface area contributed by atoms with Crippen LogP contribution in [-0.4, -0.2) is 27.8 Å². The second-order valence-electron chi connectivity index (χ2n) is 7.89. The fourth-order valence-electron chi connectivity index (χ4n) is 3.16. The largest absolute Gasteiger partial charge is 0.356 e. The van der Waals surface area contributed by atoms with Gasteiger partial charge in [-0.15, -0.1) is 0 Å². The lowest BCUT2D eigenvalue weighted by Crippen LogP contribution is -2.26. The number of benzene rings is 2. The summed E-state index contributed by atoms with van der Waals surface area (Å²) >= 11 is 1.51. The van der Waals surface area contributed by atoms with Crippen molar-refractivity contribution < 1.29 is 9.18 Å². The minimum Gasteiger partial charge on any atom is -0.356 e. The quantitative estimate of drug-likeness (QED) is 0.275. The number of unbranched alkanes of at least 4 members (excludes halogenated alkanes) is 2. The van der Waals surface area contributed by atoms with Crippen molar-refractivity contribution in [3.8, 4) is 5.69 Å². The van der Waals surface area contributed by atoms with Crippen LogP contribution in [0.3, 0.4) is 0 Å². The van der Waals surface area contributed by atoms with Gasteiger partial charge in [0.05, 0.1) is 16.6 Å². The molecule has 3 rings (SSSR count). The number of nitrogens with zero attached hydrogens (tertiary/aromatic N) is 2. The van der Waals surface area contributed by atoms with Crippen molar-refractivity contribution in [3.05, 3.63) is 64.7 Å². The van der Waals surface area contributed by atoms with Crippen molar-refractivity contribution in [2.75, 3.05) is 12.3 Å². The molecular formula is C24H28FN3O2S. The third-order valence-electron chi connectivity index (χ3n) is 4.82. The van der Waals surface area contributed by atoms with Gasteiger partial charge < -0.3 is 5.32 Å². The molecule has 0 fully saturated rings. The number of carbonyl (C=O) groups is 1. The number of nitrogens with one attached hydrogen (secondary N) is 1.